The molecule has 26 heavy (non-hydrogen) atoms. The average molecular weight is 385 g/mol. The van der Waals surface area contributed by atoms with Crippen LogP contribution in [0.3, 0.4) is 0 Å². The monoisotopic (exact) mass is 385 g/mol. The first-order valence-electron chi connectivity index (χ1n) is 7.43. The Bertz CT molecular complexity index is 917. The summed E-state index contributed by atoms with van der Waals surface area (Å²) in [5.41, 5.74) is 1.24. The summed E-state index contributed by atoms with van der Waals surface area (Å²) in [4.78, 5) is 11.5. The smallest absolute Gasteiger partial charge is 0.341 e. The van der Waals surface area contributed by atoms with Crippen LogP contribution >= 0.6 is 0 Å². The van der Waals surface area contributed by atoms with Gasteiger partial charge in [-0.1, -0.05) is 12.1 Å². The van der Waals surface area contributed by atoms with Crippen LogP contribution in [0, 0.1) is 10.1 Å². The van der Waals surface area contributed by atoms with Crippen molar-refractivity contribution in [1.82, 2.24) is 0 Å². The van der Waals surface area contributed by atoms with E-state index in [1.807, 2.05) is 43.3 Å². The van der Waals surface area contributed by atoms with Gasteiger partial charge in [0.15, 0.2) is 0 Å². The van der Waals surface area contributed by atoms with Gasteiger partial charge in [0.25, 0.3) is 5.69 Å². The lowest BCUT2D eigenvalue weighted by atomic mass is 10.2. The lowest BCUT2D eigenvalue weighted by Gasteiger charge is -2.14. The Hall–Kier alpha value is -2.75. The molecule has 0 amide bonds. The van der Waals surface area contributed by atoms with E-state index in [0.717, 1.165) is 23.4 Å². The maximum atomic E-state index is 12.6. The van der Waals surface area contributed by atoms with Crippen molar-refractivity contribution < 1.29 is 22.1 Å². The number of nitro benzene ring substituents is 1. The third kappa shape index (κ3) is 4.26. The molecule has 0 aliphatic rings. The number of nitrogens with one attached hydrogen (secondary N) is 1. The molecule has 0 atom stereocenters. The lowest BCUT2D eigenvalue weighted by Crippen LogP contribution is -2.12. The number of sulfone groups is 1. The minimum atomic E-state index is -4.90. The molecule has 0 aliphatic heterocycles. The molecule has 10 heteroatoms. The van der Waals surface area contributed by atoms with E-state index in [1.165, 1.54) is 0 Å². The average Bonchev–Trinajstić information content (AvgIpc) is 2.59. The van der Waals surface area contributed by atoms with Crippen LogP contribution in [0.1, 0.15) is 5.56 Å². The maximum absolute atomic E-state index is 12.6. The predicted octanol–water partition coefficient (Wildman–Crippen LogP) is 3.27. The number of hydrogen-bond acceptors (Lipinski definition) is 6. The second-order valence-electron chi connectivity index (χ2n) is 5.66. The summed E-state index contributed by atoms with van der Waals surface area (Å²) >= 11 is 0. The van der Waals surface area contributed by atoms with Crippen LogP contribution in [0.4, 0.5) is 25.8 Å². The van der Waals surface area contributed by atoms with Gasteiger partial charge in [-0.15, -0.1) is 0 Å². The molecule has 2 aromatic rings. The molecule has 140 valence electrons. The largest absolute Gasteiger partial charge is 0.378 e. The Morgan fingerprint density at radius 3 is 2.46 bits per heavy atom. The zero-order valence-corrected chi connectivity index (χ0v) is 14.8. The summed E-state index contributed by atoms with van der Waals surface area (Å²) in [6.07, 6.45) is 0. The van der Waals surface area contributed by atoms with Crippen LogP contribution in [0.25, 0.3) is 0 Å². The topological polar surface area (TPSA) is 92.6 Å². The second kappa shape index (κ2) is 7.65. The highest BCUT2D eigenvalue weighted by atomic mass is 32.2. The van der Waals surface area contributed by atoms with Crippen molar-refractivity contribution in [1.29, 1.82) is 0 Å². The number of benzene rings is 2. The standard InChI is InChI=1S/C16H17F2N3O4S/c1-20(2)12-5-3-4-11(8-12)10-19-14-7-6-13(9-15(14)21(22)23)26(24,25)16(17)18/h3-9,16,19H,10H2,1-2H3. The number of halogens is 2. The number of nitrogens with zero attached hydrogens (tertiary/aromatic N) is 2. The van der Waals surface area contributed by atoms with E-state index in [0.29, 0.717) is 6.07 Å². The van der Waals surface area contributed by atoms with Crippen LogP contribution < -0.4 is 10.2 Å². The van der Waals surface area contributed by atoms with E-state index >= 15 is 0 Å². The Kier molecular flexibility index (Phi) is 5.76. The second-order valence-corrected chi connectivity index (χ2v) is 7.58. The van der Waals surface area contributed by atoms with Crippen LogP contribution in [-0.2, 0) is 16.4 Å². The number of rotatable bonds is 7. The Morgan fingerprint density at radius 2 is 1.88 bits per heavy atom. The zero-order valence-electron chi connectivity index (χ0n) is 14.0. The molecule has 2 aromatic carbocycles. The maximum Gasteiger partial charge on any atom is 0.341 e. The fourth-order valence-electron chi connectivity index (χ4n) is 2.23. The van der Waals surface area contributed by atoms with Gasteiger partial charge in [-0.2, -0.15) is 8.78 Å². The number of anilines is 2. The molecule has 0 bridgehead atoms. The predicted molar refractivity (Wildman–Crippen MR) is 94.4 cm³/mol. The van der Waals surface area contributed by atoms with Crippen molar-refractivity contribution in [2.75, 3.05) is 24.3 Å². The van der Waals surface area contributed by atoms with Gasteiger partial charge >= 0.3 is 5.76 Å². The molecule has 2 rings (SSSR count). The lowest BCUT2D eigenvalue weighted by molar-refractivity contribution is -0.384. The van der Waals surface area contributed by atoms with E-state index in [-0.39, 0.29) is 12.2 Å². The van der Waals surface area contributed by atoms with Gasteiger partial charge < -0.3 is 10.2 Å². The van der Waals surface area contributed by atoms with E-state index < -0.39 is 31.1 Å². The Labute approximate surface area is 149 Å². The van der Waals surface area contributed by atoms with Crippen molar-refractivity contribution >= 4 is 26.9 Å². The van der Waals surface area contributed by atoms with E-state index in [9.17, 15) is 27.3 Å². The normalized spacial score (nSPS) is 11.4. The van der Waals surface area contributed by atoms with Crippen molar-refractivity contribution in [2.24, 2.45) is 0 Å². The SMILES string of the molecule is CN(C)c1cccc(CNc2ccc(S(=O)(=O)C(F)F)cc2[N+](=O)[O-])c1. The Balaban J connectivity index is 2.30. The molecule has 0 saturated heterocycles. The fraction of sp³-hybridized carbons (Fsp3) is 0.250. The third-order valence-electron chi connectivity index (χ3n) is 3.64. The summed E-state index contributed by atoms with van der Waals surface area (Å²) in [7, 11) is -1.15. The highest BCUT2D eigenvalue weighted by Crippen LogP contribution is 2.30. The van der Waals surface area contributed by atoms with Gasteiger partial charge in [0, 0.05) is 32.4 Å². The van der Waals surface area contributed by atoms with Crippen LogP contribution in [-0.4, -0.2) is 33.2 Å². The van der Waals surface area contributed by atoms with Gasteiger partial charge in [0.05, 0.1) is 9.82 Å². The van der Waals surface area contributed by atoms with Gasteiger partial charge in [0.2, 0.25) is 9.84 Å². The number of hydrogen-bond donors (Lipinski definition) is 1. The van der Waals surface area contributed by atoms with Crippen molar-refractivity contribution in [3.05, 3.63) is 58.1 Å². The minimum absolute atomic E-state index is 0.0403. The highest BCUT2D eigenvalue weighted by Gasteiger charge is 2.29. The van der Waals surface area contributed by atoms with E-state index in [4.69, 9.17) is 0 Å². The number of nitro groups is 1. The van der Waals surface area contributed by atoms with Crippen molar-refractivity contribution in [3.63, 3.8) is 0 Å². The van der Waals surface area contributed by atoms with E-state index in [2.05, 4.69) is 5.32 Å². The molecule has 0 unspecified atom stereocenters. The van der Waals surface area contributed by atoms with Crippen LogP contribution in [0.15, 0.2) is 47.4 Å². The van der Waals surface area contributed by atoms with Crippen molar-refractivity contribution in [2.45, 2.75) is 17.2 Å². The molecular formula is C16H17F2N3O4S. The molecule has 1 N–H and O–H groups in total. The number of alkyl halides is 2. The molecule has 0 fully saturated rings. The summed E-state index contributed by atoms with van der Waals surface area (Å²) < 4.78 is 48.3. The Morgan fingerprint density at radius 1 is 1.19 bits per heavy atom. The van der Waals surface area contributed by atoms with Crippen LogP contribution in [0.5, 0.6) is 0 Å². The quantitative estimate of drug-likeness (QED) is 0.581. The van der Waals surface area contributed by atoms with Gasteiger partial charge in [-0.3, -0.25) is 10.1 Å². The minimum Gasteiger partial charge on any atom is -0.378 e. The molecule has 0 saturated carbocycles. The molecule has 0 heterocycles. The summed E-state index contributed by atoms with van der Waals surface area (Å²) in [5.74, 6) is -3.64. The van der Waals surface area contributed by atoms with Gasteiger partial charge in [-0.05, 0) is 29.8 Å². The molecule has 0 aromatic heterocycles. The van der Waals surface area contributed by atoms with Crippen LogP contribution in [0.2, 0.25) is 0 Å². The highest BCUT2D eigenvalue weighted by molar-refractivity contribution is 7.91. The zero-order chi connectivity index (χ0) is 19.5. The summed E-state index contributed by atoms with van der Waals surface area (Å²) in [6.45, 7) is 0.240. The fourth-order valence-corrected chi connectivity index (χ4v) is 2.97. The van der Waals surface area contributed by atoms with E-state index in [1.54, 1.807) is 0 Å². The van der Waals surface area contributed by atoms with Gasteiger partial charge in [0.1, 0.15) is 5.69 Å². The molecule has 0 spiro atoms. The summed E-state index contributed by atoms with van der Waals surface area (Å²) in [5, 5.41) is 14.0. The first kappa shape index (κ1) is 19.6. The first-order valence-corrected chi connectivity index (χ1v) is 8.98. The third-order valence-corrected chi connectivity index (χ3v) is 5.02. The first-order chi connectivity index (χ1) is 12.1. The molecule has 0 radical (unpaired) electrons. The summed E-state index contributed by atoms with van der Waals surface area (Å²) in [6, 6.07) is 10.1. The van der Waals surface area contributed by atoms with Gasteiger partial charge in [-0.25, -0.2) is 8.42 Å². The van der Waals surface area contributed by atoms with Crippen molar-refractivity contribution in [3.8, 4) is 0 Å². The molecular weight excluding hydrogens is 368 g/mol. The molecule has 0 aliphatic carbocycles. The molecule has 7 nitrogen and oxygen atoms in total.